The largest absolute Gasteiger partial charge is 0.393 e. The first kappa shape index (κ1) is 12.3. The fourth-order valence-corrected chi connectivity index (χ4v) is 2.62. The Kier molecular flexibility index (Phi) is 4.29. The van der Waals surface area contributed by atoms with Gasteiger partial charge >= 0.3 is 0 Å². The van der Waals surface area contributed by atoms with Crippen LogP contribution < -0.4 is 0 Å². The summed E-state index contributed by atoms with van der Waals surface area (Å²) in [6, 6.07) is 10.3. The number of nitrogens with zero attached hydrogens (tertiary/aromatic N) is 1. The Labute approximate surface area is 106 Å². The molecule has 0 aliphatic heterocycles. The Hall–Kier alpha value is -1.19. The van der Waals surface area contributed by atoms with Crippen LogP contribution in [0.15, 0.2) is 35.7 Å². The van der Waals surface area contributed by atoms with E-state index in [1.807, 2.05) is 30.5 Å². The molecule has 0 saturated carbocycles. The third-order valence-electron chi connectivity index (χ3n) is 2.69. The van der Waals surface area contributed by atoms with E-state index < -0.39 is 0 Å². The molecule has 3 heteroatoms. The summed E-state index contributed by atoms with van der Waals surface area (Å²) in [5, 5.41) is 13.0. The van der Waals surface area contributed by atoms with Crippen molar-refractivity contribution in [2.24, 2.45) is 0 Å². The topological polar surface area (TPSA) is 33.1 Å². The Morgan fingerprint density at radius 2 is 2.06 bits per heavy atom. The molecule has 2 rings (SSSR count). The molecular formula is C14H17NOS. The summed E-state index contributed by atoms with van der Waals surface area (Å²) in [5.74, 6) is 0. The van der Waals surface area contributed by atoms with Gasteiger partial charge in [0.05, 0.1) is 11.1 Å². The SMILES string of the molecule is Cc1csc(CC(O)CCc2ccccc2)n1. The van der Waals surface area contributed by atoms with Gasteiger partial charge in [-0.3, -0.25) is 0 Å². The lowest BCUT2D eigenvalue weighted by atomic mass is 10.1. The van der Waals surface area contributed by atoms with E-state index in [-0.39, 0.29) is 6.10 Å². The summed E-state index contributed by atoms with van der Waals surface area (Å²) in [5.41, 5.74) is 2.32. The van der Waals surface area contributed by atoms with Crippen LogP contribution in [0.3, 0.4) is 0 Å². The number of benzene rings is 1. The summed E-state index contributed by atoms with van der Waals surface area (Å²) in [6.07, 6.45) is 2.10. The van der Waals surface area contributed by atoms with E-state index in [0.717, 1.165) is 23.5 Å². The van der Waals surface area contributed by atoms with Gasteiger partial charge in [-0.25, -0.2) is 4.98 Å². The normalized spacial score (nSPS) is 12.6. The highest BCUT2D eigenvalue weighted by Crippen LogP contribution is 2.13. The smallest absolute Gasteiger partial charge is 0.0953 e. The van der Waals surface area contributed by atoms with Crippen molar-refractivity contribution >= 4 is 11.3 Å². The van der Waals surface area contributed by atoms with E-state index in [1.54, 1.807) is 11.3 Å². The van der Waals surface area contributed by atoms with Crippen LogP contribution in [0.25, 0.3) is 0 Å². The predicted molar refractivity (Wildman–Crippen MR) is 71.3 cm³/mol. The third-order valence-corrected chi connectivity index (χ3v) is 3.67. The molecule has 17 heavy (non-hydrogen) atoms. The van der Waals surface area contributed by atoms with Crippen molar-refractivity contribution in [2.45, 2.75) is 32.3 Å². The number of hydrogen-bond acceptors (Lipinski definition) is 3. The van der Waals surface area contributed by atoms with E-state index in [2.05, 4.69) is 17.1 Å². The zero-order valence-electron chi connectivity index (χ0n) is 9.97. The molecule has 0 amide bonds. The van der Waals surface area contributed by atoms with E-state index >= 15 is 0 Å². The van der Waals surface area contributed by atoms with Gasteiger partial charge in [-0.15, -0.1) is 11.3 Å². The minimum atomic E-state index is -0.291. The number of aliphatic hydroxyl groups is 1. The van der Waals surface area contributed by atoms with Gasteiger partial charge in [-0.2, -0.15) is 0 Å². The van der Waals surface area contributed by atoms with Gasteiger partial charge in [0.2, 0.25) is 0 Å². The van der Waals surface area contributed by atoms with E-state index in [1.165, 1.54) is 5.56 Å². The van der Waals surface area contributed by atoms with Crippen LogP contribution in [0.1, 0.15) is 22.7 Å². The Morgan fingerprint density at radius 3 is 2.71 bits per heavy atom. The van der Waals surface area contributed by atoms with Gasteiger partial charge in [0.25, 0.3) is 0 Å². The highest BCUT2D eigenvalue weighted by molar-refractivity contribution is 7.09. The summed E-state index contributed by atoms with van der Waals surface area (Å²) >= 11 is 1.63. The fourth-order valence-electron chi connectivity index (χ4n) is 1.78. The summed E-state index contributed by atoms with van der Waals surface area (Å²) in [6.45, 7) is 1.98. The quantitative estimate of drug-likeness (QED) is 0.881. The molecule has 2 aromatic rings. The molecule has 0 spiro atoms. The molecule has 2 nitrogen and oxygen atoms in total. The second kappa shape index (κ2) is 5.94. The summed E-state index contributed by atoms with van der Waals surface area (Å²) in [7, 11) is 0. The van der Waals surface area contributed by atoms with Crippen LogP contribution in [0.4, 0.5) is 0 Å². The first-order chi connectivity index (χ1) is 8.24. The van der Waals surface area contributed by atoms with E-state index in [0.29, 0.717) is 6.42 Å². The number of rotatable bonds is 5. The van der Waals surface area contributed by atoms with Crippen molar-refractivity contribution in [3.05, 3.63) is 52.0 Å². The monoisotopic (exact) mass is 247 g/mol. The van der Waals surface area contributed by atoms with Crippen LogP contribution in [0.2, 0.25) is 0 Å². The minimum Gasteiger partial charge on any atom is -0.393 e. The first-order valence-electron chi connectivity index (χ1n) is 5.87. The number of aromatic nitrogens is 1. The molecule has 0 radical (unpaired) electrons. The first-order valence-corrected chi connectivity index (χ1v) is 6.75. The Bertz CT molecular complexity index is 452. The number of aryl methyl sites for hydroxylation is 2. The molecule has 0 fully saturated rings. The van der Waals surface area contributed by atoms with Gasteiger partial charge < -0.3 is 5.11 Å². The van der Waals surface area contributed by atoms with Gasteiger partial charge in [0.15, 0.2) is 0 Å². The Balaban J connectivity index is 1.80. The second-order valence-electron chi connectivity index (χ2n) is 4.26. The van der Waals surface area contributed by atoms with Crippen molar-refractivity contribution in [1.29, 1.82) is 0 Å². The molecule has 0 aliphatic carbocycles. The second-order valence-corrected chi connectivity index (χ2v) is 5.21. The molecule has 1 heterocycles. The molecule has 90 valence electrons. The van der Waals surface area contributed by atoms with Gasteiger partial charge in [0.1, 0.15) is 0 Å². The number of thiazole rings is 1. The maximum Gasteiger partial charge on any atom is 0.0953 e. The molecule has 0 bridgehead atoms. The van der Waals surface area contributed by atoms with Crippen molar-refractivity contribution in [3.63, 3.8) is 0 Å². The highest BCUT2D eigenvalue weighted by Gasteiger charge is 2.08. The van der Waals surface area contributed by atoms with Crippen molar-refractivity contribution in [3.8, 4) is 0 Å². The zero-order chi connectivity index (χ0) is 12.1. The molecular weight excluding hydrogens is 230 g/mol. The lowest BCUT2D eigenvalue weighted by Gasteiger charge is -2.08. The third kappa shape index (κ3) is 3.95. The van der Waals surface area contributed by atoms with E-state index in [9.17, 15) is 5.11 Å². The highest BCUT2D eigenvalue weighted by atomic mass is 32.1. The molecule has 1 N–H and O–H groups in total. The standard InChI is InChI=1S/C14H17NOS/c1-11-10-17-14(15-11)9-13(16)8-7-12-5-3-2-4-6-12/h2-6,10,13,16H,7-9H2,1H3. The molecule has 1 aromatic carbocycles. The fraction of sp³-hybridized carbons (Fsp3) is 0.357. The van der Waals surface area contributed by atoms with Crippen molar-refractivity contribution in [2.75, 3.05) is 0 Å². The van der Waals surface area contributed by atoms with Crippen molar-refractivity contribution in [1.82, 2.24) is 4.98 Å². The van der Waals surface area contributed by atoms with Gasteiger partial charge in [-0.05, 0) is 25.3 Å². The lowest BCUT2D eigenvalue weighted by Crippen LogP contribution is -2.11. The lowest BCUT2D eigenvalue weighted by molar-refractivity contribution is 0.165. The molecule has 0 aliphatic rings. The average molecular weight is 247 g/mol. The number of hydrogen-bond donors (Lipinski definition) is 1. The minimum absolute atomic E-state index is 0.291. The molecule has 1 aromatic heterocycles. The van der Waals surface area contributed by atoms with Gasteiger partial charge in [0, 0.05) is 17.5 Å². The molecule has 1 atom stereocenters. The van der Waals surface area contributed by atoms with Crippen molar-refractivity contribution < 1.29 is 5.11 Å². The molecule has 0 saturated heterocycles. The maximum absolute atomic E-state index is 9.94. The van der Waals surface area contributed by atoms with Crippen LogP contribution in [0, 0.1) is 6.92 Å². The van der Waals surface area contributed by atoms with Gasteiger partial charge in [-0.1, -0.05) is 30.3 Å². The van der Waals surface area contributed by atoms with E-state index in [4.69, 9.17) is 0 Å². The molecule has 1 unspecified atom stereocenters. The van der Waals surface area contributed by atoms with Crippen LogP contribution in [-0.4, -0.2) is 16.2 Å². The maximum atomic E-state index is 9.94. The number of aliphatic hydroxyl groups excluding tert-OH is 1. The van der Waals surface area contributed by atoms with Crippen LogP contribution in [-0.2, 0) is 12.8 Å². The summed E-state index contributed by atoms with van der Waals surface area (Å²) < 4.78 is 0. The zero-order valence-corrected chi connectivity index (χ0v) is 10.8. The van der Waals surface area contributed by atoms with Crippen LogP contribution >= 0.6 is 11.3 Å². The average Bonchev–Trinajstić information content (AvgIpc) is 2.73. The predicted octanol–water partition coefficient (Wildman–Crippen LogP) is 2.99. The van der Waals surface area contributed by atoms with Crippen LogP contribution in [0.5, 0.6) is 0 Å². The summed E-state index contributed by atoms with van der Waals surface area (Å²) in [4.78, 5) is 4.36. The Morgan fingerprint density at radius 1 is 1.29 bits per heavy atom.